The lowest BCUT2D eigenvalue weighted by atomic mass is 9.92. The Kier molecular flexibility index (Phi) is 4.00. The van der Waals surface area contributed by atoms with E-state index in [9.17, 15) is 4.79 Å². The number of carbonyl (C=O) groups excluding carboxylic acids is 1. The van der Waals surface area contributed by atoms with Crippen molar-refractivity contribution in [1.82, 2.24) is 4.98 Å². The summed E-state index contributed by atoms with van der Waals surface area (Å²) in [6.07, 6.45) is 1.59. The molecule has 0 aliphatic heterocycles. The van der Waals surface area contributed by atoms with Gasteiger partial charge in [0.2, 0.25) is 11.8 Å². The summed E-state index contributed by atoms with van der Waals surface area (Å²) < 4.78 is 5.10. The highest BCUT2D eigenvalue weighted by Crippen LogP contribution is 2.24. The van der Waals surface area contributed by atoms with E-state index < -0.39 is 5.54 Å². The van der Waals surface area contributed by atoms with Crippen LogP contribution in [0.1, 0.15) is 12.5 Å². The summed E-state index contributed by atoms with van der Waals surface area (Å²) in [7, 11) is 1.50. The van der Waals surface area contributed by atoms with Crippen LogP contribution in [0.5, 0.6) is 5.88 Å². The maximum absolute atomic E-state index is 12.4. The molecular formula is C15H17N3O2. The number of carbonyl (C=O) groups is 1. The van der Waals surface area contributed by atoms with Gasteiger partial charge in [-0.1, -0.05) is 30.3 Å². The van der Waals surface area contributed by atoms with E-state index in [0.717, 1.165) is 5.56 Å². The average molecular weight is 271 g/mol. The molecule has 2 aromatic rings. The molecule has 0 saturated heterocycles. The van der Waals surface area contributed by atoms with Crippen molar-refractivity contribution in [2.24, 2.45) is 5.73 Å². The maximum Gasteiger partial charge on any atom is 0.248 e. The second-order valence-electron chi connectivity index (χ2n) is 4.58. The number of hydrogen-bond acceptors (Lipinski definition) is 4. The molecule has 5 nitrogen and oxygen atoms in total. The lowest BCUT2D eigenvalue weighted by molar-refractivity contribution is -0.120. The Balaban J connectivity index is 2.24. The van der Waals surface area contributed by atoms with Crippen molar-refractivity contribution in [2.45, 2.75) is 12.5 Å². The quantitative estimate of drug-likeness (QED) is 0.890. The van der Waals surface area contributed by atoms with E-state index in [2.05, 4.69) is 10.3 Å². The van der Waals surface area contributed by atoms with Gasteiger partial charge in [0, 0.05) is 6.20 Å². The van der Waals surface area contributed by atoms with Crippen LogP contribution in [0.2, 0.25) is 0 Å². The van der Waals surface area contributed by atoms with Gasteiger partial charge in [-0.2, -0.15) is 0 Å². The molecule has 0 saturated carbocycles. The molecule has 0 fully saturated rings. The summed E-state index contributed by atoms with van der Waals surface area (Å²) in [6, 6.07) is 12.6. The van der Waals surface area contributed by atoms with Crippen LogP contribution in [0, 0.1) is 0 Å². The number of rotatable bonds is 4. The molecule has 2 rings (SSSR count). The van der Waals surface area contributed by atoms with Crippen LogP contribution in [-0.4, -0.2) is 18.0 Å². The van der Waals surface area contributed by atoms with Crippen LogP contribution in [0.25, 0.3) is 0 Å². The second-order valence-corrected chi connectivity index (χ2v) is 4.58. The van der Waals surface area contributed by atoms with Crippen molar-refractivity contribution in [2.75, 3.05) is 12.4 Å². The molecule has 0 spiro atoms. The molecule has 0 bridgehead atoms. The fourth-order valence-electron chi connectivity index (χ4n) is 1.82. The zero-order valence-corrected chi connectivity index (χ0v) is 11.5. The number of aromatic nitrogens is 1. The predicted octanol–water partition coefficient (Wildman–Crippen LogP) is 1.90. The Morgan fingerprint density at radius 1 is 1.25 bits per heavy atom. The fraction of sp³-hybridized carbons (Fsp3) is 0.200. The number of ether oxygens (including phenoxy) is 1. The lowest BCUT2D eigenvalue weighted by Gasteiger charge is -2.24. The summed E-state index contributed by atoms with van der Waals surface area (Å²) in [5.41, 5.74) is 6.24. The van der Waals surface area contributed by atoms with Crippen LogP contribution < -0.4 is 15.8 Å². The smallest absolute Gasteiger partial charge is 0.248 e. The van der Waals surface area contributed by atoms with E-state index in [4.69, 9.17) is 10.5 Å². The molecule has 1 atom stereocenters. The molecular weight excluding hydrogens is 254 g/mol. The summed E-state index contributed by atoms with van der Waals surface area (Å²) in [5.74, 6) is 0.0275. The first-order chi connectivity index (χ1) is 9.55. The molecule has 0 aliphatic rings. The third-order valence-corrected chi connectivity index (χ3v) is 3.06. The Hall–Kier alpha value is -2.40. The normalized spacial score (nSPS) is 13.3. The predicted molar refractivity (Wildman–Crippen MR) is 77.4 cm³/mol. The number of methoxy groups -OCH3 is 1. The van der Waals surface area contributed by atoms with Gasteiger partial charge in [-0.3, -0.25) is 4.79 Å². The average Bonchev–Trinajstić information content (AvgIpc) is 2.48. The molecule has 1 heterocycles. The molecule has 1 amide bonds. The number of nitrogens with two attached hydrogens (primary N) is 1. The standard InChI is InChI=1S/C15H17N3O2/c1-15(16,11-7-4-3-5-8-11)14(19)18-12-9-6-10-17-13(12)20-2/h3-10H,16H2,1-2H3,(H,18,19). The van der Waals surface area contributed by atoms with E-state index in [0.29, 0.717) is 11.6 Å². The number of nitrogens with one attached hydrogen (secondary N) is 1. The van der Waals surface area contributed by atoms with Crippen LogP contribution in [0.4, 0.5) is 5.69 Å². The first-order valence-electron chi connectivity index (χ1n) is 6.20. The van der Waals surface area contributed by atoms with Gasteiger partial charge in [0.1, 0.15) is 11.2 Å². The first-order valence-corrected chi connectivity index (χ1v) is 6.20. The number of anilines is 1. The van der Waals surface area contributed by atoms with E-state index in [1.807, 2.05) is 30.3 Å². The summed E-state index contributed by atoms with van der Waals surface area (Å²) >= 11 is 0. The highest BCUT2D eigenvalue weighted by atomic mass is 16.5. The van der Waals surface area contributed by atoms with E-state index in [-0.39, 0.29) is 5.91 Å². The van der Waals surface area contributed by atoms with Crippen molar-refractivity contribution in [3.8, 4) is 5.88 Å². The molecule has 0 aliphatic carbocycles. The Labute approximate surface area is 117 Å². The van der Waals surface area contributed by atoms with Gasteiger partial charge in [-0.15, -0.1) is 0 Å². The van der Waals surface area contributed by atoms with Crippen molar-refractivity contribution in [3.63, 3.8) is 0 Å². The Morgan fingerprint density at radius 2 is 1.95 bits per heavy atom. The number of hydrogen-bond donors (Lipinski definition) is 2. The number of benzene rings is 1. The van der Waals surface area contributed by atoms with Crippen LogP contribution >= 0.6 is 0 Å². The van der Waals surface area contributed by atoms with Crippen molar-refractivity contribution in [3.05, 3.63) is 54.2 Å². The highest BCUT2D eigenvalue weighted by Gasteiger charge is 2.30. The van der Waals surface area contributed by atoms with Crippen LogP contribution in [-0.2, 0) is 10.3 Å². The third-order valence-electron chi connectivity index (χ3n) is 3.06. The minimum Gasteiger partial charge on any atom is -0.480 e. The summed E-state index contributed by atoms with van der Waals surface area (Å²) in [5, 5.41) is 2.75. The molecule has 20 heavy (non-hydrogen) atoms. The van der Waals surface area contributed by atoms with Gasteiger partial charge in [-0.25, -0.2) is 4.98 Å². The second kappa shape index (κ2) is 5.71. The highest BCUT2D eigenvalue weighted by molar-refractivity contribution is 5.99. The van der Waals surface area contributed by atoms with E-state index in [1.165, 1.54) is 7.11 Å². The number of amides is 1. The zero-order valence-electron chi connectivity index (χ0n) is 11.5. The molecule has 1 aromatic carbocycles. The molecule has 1 aromatic heterocycles. The fourth-order valence-corrected chi connectivity index (χ4v) is 1.82. The van der Waals surface area contributed by atoms with Gasteiger partial charge >= 0.3 is 0 Å². The van der Waals surface area contributed by atoms with Crippen LogP contribution in [0.3, 0.4) is 0 Å². The topological polar surface area (TPSA) is 77.2 Å². The first kappa shape index (κ1) is 14.0. The summed E-state index contributed by atoms with van der Waals surface area (Å²) in [4.78, 5) is 16.4. The maximum atomic E-state index is 12.4. The minimum absolute atomic E-state index is 0.324. The van der Waals surface area contributed by atoms with Crippen LogP contribution in [0.15, 0.2) is 48.7 Å². The minimum atomic E-state index is -1.14. The van der Waals surface area contributed by atoms with Crippen molar-refractivity contribution < 1.29 is 9.53 Å². The van der Waals surface area contributed by atoms with Crippen molar-refractivity contribution in [1.29, 1.82) is 0 Å². The molecule has 0 radical (unpaired) electrons. The molecule has 1 unspecified atom stereocenters. The SMILES string of the molecule is COc1ncccc1NC(=O)C(C)(N)c1ccccc1. The lowest BCUT2D eigenvalue weighted by Crippen LogP contribution is -2.45. The zero-order chi connectivity index (χ0) is 14.6. The van der Waals surface area contributed by atoms with Gasteiger partial charge in [0.25, 0.3) is 0 Å². The van der Waals surface area contributed by atoms with Gasteiger partial charge in [0.15, 0.2) is 0 Å². The molecule has 3 N–H and O–H groups in total. The molecule has 104 valence electrons. The monoisotopic (exact) mass is 271 g/mol. The van der Waals surface area contributed by atoms with E-state index in [1.54, 1.807) is 25.3 Å². The Morgan fingerprint density at radius 3 is 2.60 bits per heavy atom. The number of nitrogens with zero attached hydrogens (tertiary/aromatic N) is 1. The van der Waals surface area contributed by atoms with Gasteiger partial charge in [-0.05, 0) is 24.6 Å². The molecule has 5 heteroatoms. The Bertz CT molecular complexity index is 597. The third kappa shape index (κ3) is 2.78. The largest absolute Gasteiger partial charge is 0.480 e. The van der Waals surface area contributed by atoms with Crippen molar-refractivity contribution >= 4 is 11.6 Å². The van der Waals surface area contributed by atoms with Gasteiger partial charge < -0.3 is 15.8 Å². The van der Waals surface area contributed by atoms with E-state index >= 15 is 0 Å². The van der Waals surface area contributed by atoms with Gasteiger partial charge in [0.05, 0.1) is 7.11 Å². The summed E-state index contributed by atoms with van der Waals surface area (Å²) in [6.45, 7) is 1.67. The number of pyridine rings is 1.